The third kappa shape index (κ3) is 27.2. The van der Waals surface area contributed by atoms with Crippen LogP contribution >= 0.6 is 0 Å². The van der Waals surface area contributed by atoms with Gasteiger partial charge in [0.25, 0.3) is 0 Å². The minimum Gasteiger partial charge on any atom is -0.466 e. The summed E-state index contributed by atoms with van der Waals surface area (Å²) < 4.78 is 4.58. The number of hydrogen-bond donors (Lipinski definition) is 0. The van der Waals surface area contributed by atoms with Gasteiger partial charge in [-0.1, -0.05) is 161 Å². The zero-order valence-electron chi connectivity index (χ0n) is 22.1. The van der Waals surface area contributed by atoms with Gasteiger partial charge < -0.3 is 4.74 Å². The summed E-state index contributed by atoms with van der Waals surface area (Å²) >= 11 is 0. The fraction of sp³-hybridized carbons (Fsp3) is 0.900. The van der Waals surface area contributed by atoms with Crippen molar-refractivity contribution >= 4 is 5.97 Å². The molecule has 0 spiro atoms. The number of carbonyl (C=O) groups excluding carboxylic acids is 1. The maximum Gasteiger partial charge on any atom is 0.330 e. The Morgan fingerprint density at radius 3 is 1.06 bits per heavy atom. The third-order valence-corrected chi connectivity index (χ3v) is 6.68. The average molecular weight is 451 g/mol. The van der Waals surface area contributed by atoms with Gasteiger partial charge in [0.05, 0.1) is 7.11 Å². The molecule has 0 amide bonds. The summed E-state index contributed by atoms with van der Waals surface area (Å²) in [6, 6.07) is 0. The minimum absolute atomic E-state index is 0.241. The molecular weight excluding hydrogens is 392 g/mol. The molecule has 0 aromatic rings. The lowest BCUT2D eigenvalue weighted by Crippen LogP contribution is -1.93. The highest BCUT2D eigenvalue weighted by Crippen LogP contribution is 2.15. The number of carbonyl (C=O) groups is 1. The standard InChI is InChI=1S/C30H58O2/c1-3-4-5-6-7-8-9-10-11-12-13-14-15-16-17-18-19-20-21-22-23-24-25-26-27-28-29-30(31)32-2/h28-29H,3-27H2,1-2H3. The summed E-state index contributed by atoms with van der Waals surface area (Å²) in [5, 5.41) is 0. The van der Waals surface area contributed by atoms with Crippen LogP contribution in [0.4, 0.5) is 0 Å². The Morgan fingerprint density at radius 2 is 0.781 bits per heavy atom. The zero-order chi connectivity index (χ0) is 23.4. The van der Waals surface area contributed by atoms with Crippen LogP contribution in [0.2, 0.25) is 0 Å². The molecule has 0 atom stereocenters. The second-order valence-corrected chi connectivity index (χ2v) is 9.85. The number of unbranched alkanes of at least 4 members (excludes halogenated alkanes) is 24. The van der Waals surface area contributed by atoms with E-state index in [0.29, 0.717) is 0 Å². The number of rotatable bonds is 26. The van der Waals surface area contributed by atoms with Gasteiger partial charge in [-0.3, -0.25) is 0 Å². The molecule has 0 aliphatic rings. The number of ether oxygens (including phenoxy) is 1. The normalized spacial score (nSPS) is 11.4. The van der Waals surface area contributed by atoms with Gasteiger partial charge in [0.15, 0.2) is 0 Å². The molecule has 0 aliphatic carbocycles. The van der Waals surface area contributed by atoms with E-state index in [-0.39, 0.29) is 5.97 Å². The SMILES string of the molecule is CCCCCCCCCCCCCCCCCCCCCCCCCCC=CC(=O)OC. The van der Waals surface area contributed by atoms with Crippen molar-refractivity contribution in [2.75, 3.05) is 7.11 Å². The summed E-state index contributed by atoms with van der Waals surface area (Å²) in [5.41, 5.74) is 0. The van der Waals surface area contributed by atoms with Crippen LogP contribution < -0.4 is 0 Å². The van der Waals surface area contributed by atoms with Crippen molar-refractivity contribution in [1.82, 2.24) is 0 Å². The first-order chi connectivity index (χ1) is 15.8. The van der Waals surface area contributed by atoms with E-state index in [0.717, 1.165) is 6.42 Å². The van der Waals surface area contributed by atoms with Crippen molar-refractivity contribution in [3.05, 3.63) is 12.2 Å². The van der Waals surface area contributed by atoms with E-state index in [1.165, 1.54) is 161 Å². The predicted molar refractivity (Wildman–Crippen MR) is 142 cm³/mol. The van der Waals surface area contributed by atoms with Crippen molar-refractivity contribution in [1.29, 1.82) is 0 Å². The van der Waals surface area contributed by atoms with Crippen LogP contribution in [-0.4, -0.2) is 13.1 Å². The molecule has 0 heterocycles. The number of methoxy groups -OCH3 is 1. The Hall–Kier alpha value is -0.790. The molecule has 32 heavy (non-hydrogen) atoms. The van der Waals surface area contributed by atoms with Crippen LogP contribution in [0.5, 0.6) is 0 Å². The summed E-state index contributed by atoms with van der Waals surface area (Å²) in [4.78, 5) is 10.9. The molecule has 0 unspecified atom stereocenters. The maximum atomic E-state index is 10.9. The summed E-state index contributed by atoms with van der Waals surface area (Å²) in [7, 11) is 1.42. The highest BCUT2D eigenvalue weighted by Gasteiger charge is 1.96. The van der Waals surface area contributed by atoms with E-state index in [1.54, 1.807) is 6.08 Å². The Bertz CT molecular complexity index is 388. The van der Waals surface area contributed by atoms with E-state index in [9.17, 15) is 4.79 Å². The van der Waals surface area contributed by atoms with Gasteiger partial charge in [0.1, 0.15) is 0 Å². The van der Waals surface area contributed by atoms with Crippen LogP contribution in [0.3, 0.4) is 0 Å². The topological polar surface area (TPSA) is 26.3 Å². The van der Waals surface area contributed by atoms with Crippen molar-refractivity contribution in [3.63, 3.8) is 0 Å². The summed E-state index contributed by atoms with van der Waals surface area (Å²) in [5.74, 6) is -0.241. The molecular formula is C30H58O2. The molecule has 0 aromatic heterocycles. The highest BCUT2D eigenvalue weighted by molar-refractivity contribution is 5.81. The van der Waals surface area contributed by atoms with Crippen molar-refractivity contribution < 1.29 is 9.53 Å². The average Bonchev–Trinajstić information content (AvgIpc) is 2.81. The molecule has 2 heteroatoms. The Balaban J connectivity index is 3.05. The largest absolute Gasteiger partial charge is 0.466 e. The van der Waals surface area contributed by atoms with Gasteiger partial charge in [0.2, 0.25) is 0 Å². The second kappa shape index (κ2) is 28.2. The van der Waals surface area contributed by atoms with E-state index >= 15 is 0 Å². The molecule has 190 valence electrons. The number of hydrogen-bond acceptors (Lipinski definition) is 2. The highest BCUT2D eigenvalue weighted by atomic mass is 16.5. The molecule has 0 saturated heterocycles. The Morgan fingerprint density at radius 1 is 0.500 bits per heavy atom. The first kappa shape index (κ1) is 31.2. The molecule has 0 saturated carbocycles. The van der Waals surface area contributed by atoms with Gasteiger partial charge >= 0.3 is 5.97 Å². The lowest BCUT2D eigenvalue weighted by atomic mass is 10.0. The molecule has 0 bridgehead atoms. The van der Waals surface area contributed by atoms with Crippen LogP contribution in [-0.2, 0) is 9.53 Å². The fourth-order valence-corrected chi connectivity index (χ4v) is 4.47. The molecule has 0 aromatic carbocycles. The van der Waals surface area contributed by atoms with Crippen molar-refractivity contribution in [3.8, 4) is 0 Å². The summed E-state index contributed by atoms with van der Waals surface area (Å²) in [6.07, 6.45) is 38.7. The van der Waals surface area contributed by atoms with E-state index in [4.69, 9.17) is 0 Å². The van der Waals surface area contributed by atoms with Crippen LogP contribution in [0.15, 0.2) is 12.2 Å². The lowest BCUT2D eigenvalue weighted by Gasteiger charge is -2.04. The first-order valence-corrected chi connectivity index (χ1v) is 14.6. The maximum absolute atomic E-state index is 10.9. The van der Waals surface area contributed by atoms with Crippen LogP contribution in [0.25, 0.3) is 0 Å². The second-order valence-electron chi connectivity index (χ2n) is 9.85. The molecule has 0 rings (SSSR count). The Kier molecular flexibility index (Phi) is 27.5. The molecule has 0 N–H and O–H groups in total. The van der Waals surface area contributed by atoms with Gasteiger partial charge in [-0.2, -0.15) is 0 Å². The Labute approximate surface area is 202 Å². The smallest absolute Gasteiger partial charge is 0.330 e. The number of allylic oxidation sites excluding steroid dienone is 1. The molecule has 0 radical (unpaired) electrons. The lowest BCUT2D eigenvalue weighted by molar-refractivity contribution is -0.134. The quantitative estimate of drug-likeness (QED) is 0.0744. The van der Waals surface area contributed by atoms with Gasteiger partial charge in [-0.25, -0.2) is 4.79 Å². The van der Waals surface area contributed by atoms with Gasteiger partial charge in [-0.15, -0.1) is 0 Å². The number of esters is 1. The van der Waals surface area contributed by atoms with Gasteiger partial charge in [0, 0.05) is 6.08 Å². The third-order valence-electron chi connectivity index (χ3n) is 6.68. The van der Waals surface area contributed by atoms with Crippen molar-refractivity contribution in [2.45, 2.75) is 167 Å². The van der Waals surface area contributed by atoms with Crippen molar-refractivity contribution in [2.24, 2.45) is 0 Å². The first-order valence-electron chi connectivity index (χ1n) is 14.6. The minimum atomic E-state index is -0.241. The van der Waals surface area contributed by atoms with Crippen LogP contribution in [0, 0.1) is 0 Å². The van der Waals surface area contributed by atoms with E-state index in [2.05, 4.69) is 11.7 Å². The zero-order valence-corrected chi connectivity index (χ0v) is 22.1. The fourth-order valence-electron chi connectivity index (χ4n) is 4.47. The molecule has 0 aliphatic heterocycles. The molecule has 0 fully saturated rings. The predicted octanol–water partition coefficient (Wildman–Crippen LogP) is 10.5. The van der Waals surface area contributed by atoms with Crippen LogP contribution in [0.1, 0.15) is 167 Å². The monoisotopic (exact) mass is 450 g/mol. The molecule has 2 nitrogen and oxygen atoms in total. The van der Waals surface area contributed by atoms with E-state index in [1.807, 2.05) is 6.08 Å². The van der Waals surface area contributed by atoms with E-state index < -0.39 is 0 Å². The van der Waals surface area contributed by atoms with Gasteiger partial charge in [-0.05, 0) is 12.8 Å². The summed E-state index contributed by atoms with van der Waals surface area (Å²) in [6.45, 7) is 2.30.